The van der Waals surface area contributed by atoms with Crippen LogP contribution in [0.2, 0.25) is 0 Å². The van der Waals surface area contributed by atoms with Crippen LogP contribution in [0.25, 0.3) is 16.3 Å². The predicted molar refractivity (Wildman–Crippen MR) is 108 cm³/mol. The zero-order valence-corrected chi connectivity index (χ0v) is 16.5. The molecule has 136 valence electrons. The van der Waals surface area contributed by atoms with Crippen molar-refractivity contribution in [2.75, 3.05) is 7.11 Å². The largest absolute Gasteiger partial charge is 0.497 e. The third-order valence-corrected chi connectivity index (χ3v) is 5.80. The van der Waals surface area contributed by atoms with Crippen molar-refractivity contribution in [2.24, 2.45) is 0 Å². The molecule has 4 aromatic rings. The van der Waals surface area contributed by atoms with Gasteiger partial charge in [0.25, 0.3) is 0 Å². The van der Waals surface area contributed by atoms with Crippen molar-refractivity contribution in [2.45, 2.75) is 17.8 Å². The summed E-state index contributed by atoms with van der Waals surface area (Å²) in [5.41, 5.74) is 4.18. The van der Waals surface area contributed by atoms with E-state index in [2.05, 4.69) is 40.0 Å². The van der Waals surface area contributed by atoms with Gasteiger partial charge in [-0.05, 0) is 47.2 Å². The first-order valence-corrected chi connectivity index (χ1v) is 10.2. The maximum Gasteiger partial charge on any atom is 0.214 e. The molecule has 0 aliphatic carbocycles. The number of aryl methyl sites for hydroxylation is 1. The summed E-state index contributed by atoms with van der Waals surface area (Å²) >= 11 is 3.19. The van der Waals surface area contributed by atoms with E-state index in [1.54, 1.807) is 34.9 Å². The molecular formula is C19H17N5OS2. The lowest BCUT2D eigenvalue weighted by Crippen LogP contribution is -1.99. The Balaban J connectivity index is 1.49. The van der Waals surface area contributed by atoms with Crippen LogP contribution in [0.15, 0.2) is 59.1 Å². The van der Waals surface area contributed by atoms with Gasteiger partial charge in [0, 0.05) is 16.7 Å². The van der Waals surface area contributed by atoms with Gasteiger partial charge >= 0.3 is 0 Å². The fourth-order valence-corrected chi connectivity index (χ4v) is 4.30. The minimum Gasteiger partial charge on any atom is -0.497 e. The van der Waals surface area contributed by atoms with E-state index in [4.69, 9.17) is 9.72 Å². The highest BCUT2D eigenvalue weighted by Gasteiger charge is 2.11. The summed E-state index contributed by atoms with van der Waals surface area (Å²) < 4.78 is 7.05. The van der Waals surface area contributed by atoms with E-state index < -0.39 is 0 Å². The molecule has 0 aliphatic rings. The average Bonchev–Trinajstić information content (AvgIpc) is 3.36. The molecule has 6 nitrogen and oxygen atoms in total. The van der Waals surface area contributed by atoms with Gasteiger partial charge in [-0.2, -0.15) is 4.68 Å². The van der Waals surface area contributed by atoms with Crippen LogP contribution in [0.5, 0.6) is 5.75 Å². The van der Waals surface area contributed by atoms with Gasteiger partial charge in [0.15, 0.2) is 0 Å². The molecule has 0 saturated heterocycles. The van der Waals surface area contributed by atoms with Crippen molar-refractivity contribution >= 4 is 23.1 Å². The molecule has 8 heteroatoms. The van der Waals surface area contributed by atoms with Crippen molar-refractivity contribution in [3.8, 4) is 22.0 Å². The van der Waals surface area contributed by atoms with E-state index in [9.17, 15) is 0 Å². The highest BCUT2D eigenvalue weighted by molar-refractivity contribution is 7.98. The number of tetrazole rings is 1. The first-order chi connectivity index (χ1) is 13.2. The van der Waals surface area contributed by atoms with E-state index >= 15 is 0 Å². The Kier molecular flexibility index (Phi) is 5.17. The second-order valence-electron chi connectivity index (χ2n) is 5.88. The van der Waals surface area contributed by atoms with Crippen LogP contribution in [-0.4, -0.2) is 32.3 Å². The molecule has 4 rings (SSSR count). The van der Waals surface area contributed by atoms with E-state index in [1.165, 1.54) is 5.56 Å². The summed E-state index contributed by atoms with van der Waals surface area (Å²) in [5, 5.41) is 15.9. The number of hydrogen-bond acceptors (Lipinski definition) is 7. The van der Waals surface area contributed by atoms with Crippen molar-refractivity contribution in [3.63, 3.8) is 0 Å². The zero-order chi connectivity index (χ0) is 18.6. The minimum atomic E-state index is 0.701. The maximum atomic E-state index is 5.29. The summed E-state index contributed by atoms with van der Waals surface area (Å²) in [7, 11) is 1.67. The topological polar surface area (TPSA) is 65.7 Å². The molecule has 27 heavy (non-hydrogen) atoms. The SMILES string of the molecule is COc1cccc(-c2nc(CSc3nnnn3-c3cccc(C)c3)cs2)c1. The summed E-state index contributed by atoms with van der Waals surface area (Å²) in [6.45, 7) is 2.05. The van der Waals surface area contributed by atoms with Crippen LogP contribution >= 0.6 is 23.1 Å². The van der Waals surface area contributed by atoms with E-state index in [-0.39, 0.29) is 0 Å². The third kappa shape index (κ3) is 4.01. The molecule has 0 saturated carbocycles. The molecular weight excluding hydrogens is 378 g/mol. The highest BCUT2D eigenvalue weighted by atomic mass is 32.2. The van der Waals surface area contributed by atoms with Crippen LogP contribution in [0.4, 0.5) is 0 Å². The normalized spacial score (nSPS) is 10.9. The number of hydrogen-bond donors (Lipinski definition) is 0. The first-order valence-electron chi connectivity index (χ1n) is 8.30. The highest BCUT2D eigenvalue weighted by Crippen LogP contribution is 2.29. The van der Waals surface area contributed by atoms with Crippen LogP contribution in [0.3, 0.4) is 0 Å². The molecule has 0 amide bonds. The number of nitrogens with zero attached hydrogens (tertiary/aromatic N) is 5. The molecule has 2 heterocycles. The Morgan fingerprint density at radius 1 is 1.15 bits per heavy atom. The van der Waals surface area contributed by atoms with Gasteiger partial charge in [-0.1, -0.05) is 36.0 Å². The average molecular weight is 396 g/mol. The quantitative estimate of drug-likeness (QED) is 0.451. The Bertz CT molecular complexity index is 1060. The molecule has 0 unspecified atom stereocenters. The second-order valence-corrected chi connectivity index (χ2v) is 7.68. The Labute approximate surface area is 165 Å². The lowest BCUT2D eigenvalue weighted by molar-refractivity contribution is 0.415. The Morgan fingerprint density at radius 3 is 2.89 bits per heavy atom. The van der Waals surface area contributed by atoms with Crippen LogP contribution in [0.1, 0.15) is 11.3 Å². The molecule has 0 bridgehead atoms. The summed E-state index contributed by atoms with van der Waals surface area (Å²) in [6, 6.07) is 16.0. The number of thioether (sulfide) groups is 1. The summed E-state index contributed by atoms with van der Waals surface area (Å²) in [4.78, 5) is 4.74. The smallest absolute Gasteiger partial charge is 0.214 e. The van der Waals surface area contributed by atoms with Crippen LogP contribution in [-0.2, 0) is 5.75 Å². The zero-order valence-electron chi connectivity index (χ0n) is 14.9. The minimum absolute atomic E-state index is 0.701. The summed E-state index contributed by atoms with van der Waals surface area (Å²) in [5.74, 6) is 1.53. The van der Waals surface area contributed by atoms with Gasteiger partial charge in [0.2, 0.25) is 5.16 Å². The van der Waals surface area contributed by atoms with Crippen molar-refractivity contribution in [1.82, 2.24) is 25.2 Å². The predicted octanol–water partition coefficient (Wildman–Crippen LogP) is 4.40. The molecule has 2 aromatic heterocycles. The van der Waals surface area contributed by atoms with Gasteiger partial charge < -0.3 is 4.74 Å². The number of rotatable bonds is 6. The van der Waals surface area contributed by atoms with Gasteiger partial charge in [0.1, 0.15) is 10.8 Å². The molecule has 0 radical (unpaired) electrons. The number of benzene rings is 2. The van der Waals surface area contributed by atoms with Crippen LogP contribution < -0.4 is 4.74 Å². The fraction of sp³-hybridized carbons (Fsp3) is 0.158. The van der Waals surface area contributed by atoms with Gasteiger partial charge in [-0.25, -0.2) is 4.98 Å². The van der Waals surface area contributed by atoms with Crippen molar-refractivity contribution in [3.05, 3.63) is 65.2 Å². The second kappa shape index (κ2) is 7.89. The molecule has 0 spiro atoms. The monoisotopic (exact) mass is 395 g/mol. The standard InChI is InChI=1S/C19H17N5OS2/c1-13-5-3-7-16(9-13)24-19(21-22-23-24)27-12-15-11-26-18(20-15)14-6-4-8-17(10-14)25-2/h3-11H,12H2,1-2H3. The number of thiazole rings is 1. The molecule has 0 aliphatic heterocycles. The van der Waals surface area contributed by atoms with Gasteiger partial charge in [-0.3, -0.25) is 0 Å². The van der Waals surface area contributed by atoms with Gasteiger partial charge in [-0.15, -0.1) is 16.4 Å². The van der Waals surface area contributed by atoms with E-state index in [0.29, 0.717) is 5.75 Å². The van der Waals surface area contributed by atoms with Crippen LogP contribution in [0, 0.1) is 6.92 Å². The molecule has 0 fully saturated rings. The summed E-state index contributed by atoms with van der Waals surface area (Å²) in [6.07, 6.45) is 0. The third-order valence-electron chi connectivity index (χ3n) is 3.90. The number of ether oxygens (including phenoxy) is 1. The molecule has 0 atom stereocenters. The molecule has 0 N–H and O–H groups in total. The Morgan fingerprint density at radius 2 is 2.04 bits per heavy atom. The van der Waals surface area contributed by atoms with Gasteiger partial charge in [0.05, 0.1) is 18.5 Å². The van der Waals surface area contributed by atoms with Crippen molar-refractivity contribution in [1.29, 1.82) is 0 Å². The maximum absolute atomic E-state index is 5.29. The lowest BCUT2D eigenvalue weighted by Gasteiger charge is -2.04. The number of aromatic nitrogens is 5. The van der Waals surface area contributed by atoms with E-state index in [1.807, 2.05) is 36.4 Å². The first kappa shape index (κ1) is 17.7. The lowest BCUT2D eigenvalue weighted by atomic mass is 10.2. The fourth-order valence-electron chi connectivity index (χ4n) is 2.59. The van der Waals surface area contributed by atoms with Crippen molar-refractivity contribution < 1.29 is 4.74 Å². The Hall–Kier alpha value is -2.71. The van der Waals surface area contributed by atoms with E-state index in [0.717, 1.165) is 32.9 Å². The molecule has 2 aromatic carbocycles. The number of methoxy groups -OCH3 is 1.